The molecule has 0 radical (unpaired) electrons. The minimum absolute atomic E-state index is 0.256. The number of carbonyl (C=O) groups is 2. The molecule has 0 aliphatic heterocycles. The first-order valence-electron chi connectivity index (χ1n) is 9.42. The molecule has 0 heterocycles. The zero-order valence-electron chi connectivity index (χ0n) is 16.3. The minimum atomic E-state index is -0.823. The van der Waals surface area contributed by atoms with Crippen LogP contribution in [0.5, 0.6) is 11.5 Å². The van der Waals surface area contributed by atoms with Crippen molar-refractivity contribution in [2.75, 3.05) is 20.8 Å². The van der Waals surface area contributed by atoms with Crippen molar-refractivity contribution in [3.63, 3.8) is 0 Å². The summed E-state index contributed by atoms with van der Waals surface area (Å²) in [6.07, 6.45) is 8.13. The summed E-state index contributed by atoms with van der Waals surface area (Å²) in [7, 11) is 3.11. The second kappa shape index (κ2) is 10.6. The molecule has 1 aliphatic carbocycles. The third kappa shape index (κ3) is 6.62. The number of nitrogens with one attached hydrogen (secondary N) is 1. The maximum absolute atomic E-state index is 12.1. The Balaban J connectivity index is 1.81. The van der Waals surface area contributed by atoms with Gasteiger partial charge >= 0.3 is 5.97 Å². The monoisotopic (exact) mass is 375 g/mol. The SMILES string of the molecule is COc1ccc(/C=C/C(=O)O[C@H](C)C(=O)NCC2CCCCC2)cc1OC. The zero-order valence-corrected chi connectivity index (χ0v) is 16.3. The summed E-state index contributed by atoms with van der Waals surface area (Å²) in [5.41, 5.74) is 0.763. The van der Waals surface area contributed by atoms with E-state index in [-0.39, 0.29) is 5.91 Å². The Hall–Kier alpha value is -2.50. The molecule has 0 saturated heterocycles. The Morgan fingerprint density at radius 1 is 1.15 bits per heavy atom. The lowest BCUT2D eigenvalue weighted by Gasteiger charge is -2.22. The maximum Gasteiger partial charge on any atom is 0.331 e. The van der Waals surface area contributed by atoms with Crippen LogP contribution in [0.2, 0.25) is 0 Å². The van der Waals surface area contributed by atoms with Gasteiger partial charge in [-0.3, -0.25) is 4.79 Å². The van der Waals surface area contributed by atoms with Gasteiger partial charge in [0.15, 0.2) is 17.6 Å². The third-order valence-electron chi connectivity index (χ3n) is 4.77. The number of ether oxygens (including phenoxy) is 3. The van der Waals surface area contributed by atoms with E-state index in [9.17, 15) is 9.59 Å². The maximum atomic E-state index is 12.1. The molecule has 1 aromatic rings. The van der Waals surface area contributed by atoms with E-state index in [0.29, 0.717) is 24.0 Å². The van der Waals surface area contributed by atoms with Crippen LogP contribution in [0.15, 0.2) is 24.3 Å². The van der Waals surface area contributed by atoms with Gasteiger partial charge in [-0.1, -0.05) is 25.3 Å². The summed E-state index contributed by atoms with van der Waals surface area (Å²) < 4.78 is 15.6. The highest BCUT2D eigenvalue weighted by atomic mass is 16.5. The number of rotatable bonds is 8. The van der Waals surface area contributed by atoms with Crippen LogP contribution >= 0.6 is 0 Å². The van der Waals surface area contributed by atoms with Gasteiger partial charge in [-0.15, -0.1) is 0 Å². The molecule has 27 heavy (non-hydrogen) atoms. The van der Waals surface area contributed by atoms with Crippen LogP contribution in [-0.4, -0.2) is 38.7 Å². The van der Waals surface area contributed by atoms with Crippen LogP contribution in [0, 0.1) is 5.92 Å². The van der Waals surface area contributed by atoms with Gasteiger partial charge in [0.1, 0.15) is 0 Å². The highest BCUT2D eigenvalue weighted by molar-refractivity contribution is 5.90. The fraction of sp³-hybridized carbons (Fsp3) is 0.524. The van der Waals surface area contributed by atoms with Crippen molar-refractivity contribution >= 4 is 18.0 Å². The first-order valence-corrected chi connectivity index (χ1v) is 9.42. The van der Waals surface area contributed by atoms with Crippen LogP contribution in [0.3, 0.4) is 0 Å². The van der Waals surface area contributed by atoms with E-state index in [4.69, 9.17) is 14.2 Å². The zero-order chi connectivity index (χ0) is 19.6. The Bertz CT molecular complexity index is 665. The van der Waals surface area contributed by atoms with Crippen LogP contribution < -0.4 is 14.8 Å². The van der Waals surface area contributed by atoms with Crippen molar-refractivity contribution in [1.82, 2.24) is 5.32 Å². The van der Waals surface area contributed by atoms with E-state index in [1.165, 1.54) is 25.3 Å². The summed E-state index contributed by atoms with van der Waals surface area (Å²) in [6, 6.07) is 5.31. The van der Waals surface area contributed by atoms with E-state index in [1.54, 1.807) is 45.4 Å². The summed E-state index contributed by atoms with van der Waals surface area (Å²) in [5.74, 6) is 0.901. The highest BCUT2D eigenvalue weighted by Crippen LogP contribution is 2.28. The van der Waals surface area contributed by atoms with Crippen molar-refractivity contribution in [3.8, 4) is 11.5 Å². The summed E-state index contributed by atoms with van der Waals surface area (Å²) in [6.45, 7) is 2.24. The first-order chi connectivity index (χ1) is 13.0. The fourth-order valence-corrected chi connectivity index (χ4v) is 3.17. The second-order valence-electron chi connectivity index (χ2n) is 6.78. The Morgan fingerprint density at radius 3 is 2.52 bits per heavy atom. The Kier molecular flexibility index (Phi) is 8.17. The minimum Gasteiger partial charge on any atom is -0.493 e. The number of esters is 1. The van der Waals surface area contributed by atoms with Gasteiger partial charge in [-0.05, 0) is 49.5 Å². The molecule has 1 saturated carbocycles. The average Bonchev–Trinajstić information content (AvgIpc) is 2.70. The number of methoxy groups -OCH3 is 2. The van der Waals surface area contributed by atoms with Crippen molar-refractivity contribution < 1.29 is 23.8 Å². The molecule has 0 aromatic heterocycles. The fourth-order valence-electron chi connectivity index (χ4n) is 3.17. The Labute approximate surface area is 160 Å². The first kappa shape index (κ1) is 20.8. The van der Waals surface area contributed by atoms with E-state index in [2.05, 4.69) is 5.32 Å². The van der Waals surface area contributed by atoms with Crippen molar-refractivity contribution in [3.05, 3.63) is 29.8 Å². The predicted octanol–water partition coefficient (Wildman–Crippen LogP) is 3.35. The van der Waals surface area contributed by atoms with E-state index >= 15 is 0 Å². The van der Waals surface area contributed by atoms with E-state index in [0.717, 1.165) is 18.4 Å². The lowest BCUT2D eigenvalue weighted by atomic mass is 9.89. The quantitative estimate of drug-likeness (QED) is 0.557. The predicted molar refractivity (Wildman–Crippen MR) is 104 cm³/mol. The van der Waals surface area contributed by atoms with E-state index < -0.39 is 12.1 Å². The largest absolute Gasteiger partial charge is 0.493 e. The van der Waals surface area contributed by atoms with E-state index in [1.807, 2.05) is 0 Å². The molecule has 2 rings (SSSR count). The van der Waals surface area contributed by atoms with Crippen LogP contribution in [0.4, 0.5) is 0 Å². The summed E-state index contributed by atoms with van der Waals surface area (Å²) in [5, 5.41) is 2.89. The molecule has 1 aromatic carbocycles. The molecule has 1 fully saturated rings. The van der Waals surface area contributed by atoms with Crippen LogP contribution in [0.25, 0.3) is 6.08 Å². The standard InChI is InChI=1S/C21H29NO5/c1-15(21(24)22-14-17-7-5-4-6-8-17)27-20(23)12-10-16-9-11-18(25-2)19(13-16)26-3/h9-13,15,17H,4-8,14H2,1-3H3,(H,22,24)/b12-10+/t15-/m1/s1. The third-order valence-corrected chi connectivity index (χ3v) is 4.77. The average molecular weight is 375 g/mol. The lowest BCUT2D eigenvalue weighted by Crippen LogP contribution is -2.38. The number of benzene rings is 1. The number of hydrogen-bond acceptors (Lipinski definition) is 5. The molecule has 0 spiro atoms. The summed E-state index contributed by atoms with van der Waals surface area (Å²) in [4.78, 5) is 24.1. The number of hydrogen-bond donors (Lipinski definition) is 1. The summed E-state index contributed by atoms with van der Waals surface area (Å²) >= 11 is 0. The molecule has 0 unspecified atom stereocenters. The van der Waals surface area contributed by atoms with Crippen molar-refractivity contribution in [2.24, 2.45) is 5.92 Å². The van der Waals surface area contributed by atoms with Gasteiger partial charge in [0.05, 0.1) is 14.2 Å². The molecule has 148 valence electrons. The number of carbonyl (C=O) groups excluding carboxylic acids is 2. The molecule has 1 atom stereocenters. The van der Waals surface area contributed by atoms with Crippen molar-refractivity contribution in [1.29, 1.82) is 0 Å². The van der Waals surface area contributed by atoms with Crippen molar-refractivity contribution in [2.45, 2.75) is 45.1 Å². The molecular formula is C21H29NO5. The molecule has 1 amide bonds. The topological polar surface area (TPSA) is 73.9 Å². The van der Waals surface area contributed by atoms with Crippen LogP contribution in [-0.2, 0) is 14.3 Å². The van der Waals surface area contributed by atoms with Gasteiger partial charge in [0.25, 0.3) is 5.91 Å². The van der Waals surface area contributed by atoms with Crippen LogP contribution in [0.1, 0.15) is 44.6 Å². The Morgan fingerprint density at radius 2 is 1.85 bits per heavy atom. The van der Waals surface area contributed by atoms with Gasteiger partial charge < -0.3 is 19.5 Å². The van der Waals surface area contributed by atoms with Gasteiger partial charge in [0, 0.05) is 12.6 Å². The highest BCUT2D eigenvalue weighted by Gasteiger charge is 2.19. The smallest absolute Gasteiger partial charge is 0.331 e. The molecule has 6 heteroatoms. The molecule has 6 nitrogen and oxygen atoms in total. The molecule has 0 bridgehead atoms. The van der Waals surface area contributed by atoms with Gasteiger partial charge in [-0.2, -0.15) is 0 Å². The second-order valence-corrected chi connectivity index (χ2v) is 6.78. The lowest BCUT2D eigenvalue weighted by molar-refractivity contribution is -0.150. The van der Waals surface area contributed by atoms with Gasteiger partial charge in [0.2, 0.25) is 0 Å². The number of amides is 1. The normalized spacial score (nSPS) is 16.0. The molecule has 1 aliphatic rings. The molecule has 1 N–H and O–H groups in total. The van der Waals surface area contributed by atoms with Gasteiger partial charge in [-0.25, -0.2) is 4.79 Å². The molecular weight excluding hydrogens is 346 g/mol.